The van der Waals surface area contributed by atoms with Crippen molar-refractivity contribution in [1.29, 1.82) is 0 Å². The molecule has 0 radical (unpaired) electrons. The number of quaternary nitrogens is 2. The Labute approximate surface area is 205 Å². The van der Waals surface area contributed by atoms with Gasteiger partial charge in [0.05, 0.1) is 9.79 Å². The second kappa shape index (κ2) is 14.9. The van der Waals surface area contributed by atoms with Crippen LogP contribution in [0, 0.1) is 0 Å². The number of phenols is 2. The van der Waals surface area contributed by atoms with Crippen LogP contribution in [-0.4, -0.2) is 95.4 Å². The van der Waals surface area contributed by atoms with Crippen LogP contribution >= 0.6 is 0 Å². The van der Waals surface area contributed by atoms with E-state index in [1.54, 1.807) is 0 Å². The summed E-state index contributed by atoms with van der Waals surface area (Å²) in [7, 11) is -9.40. The molecule has 12 N–H and O–H groups in total. The van der Waals surface area contributed by atoms with E-state index < -0.39 is 64.6 Å². The Hall–Kier alpha value is -3.36. The number of benzene rings is 2. The van der Waals surface area contributed by atoms with Gasteiger partial charge in [-0.25, -0.2) is 26.4 Å². The number of piperazine rings is 1. The Morgan fingerprint density at radius 1 is 0.667 bits per heavy atom. The highest BCUT2D eigenvalue weighted by atomic mass is 32.2. The SMILES string of the molecule is C1C[NH2+]CC[NH2+]1.O.O.O=C(O)c1cc(S(=O)(=O)[O-])ccc1O.O=C(O)c1cc(S(=O)(=O)[O-])ccc1O. The van der Waals surface area contributed by atoms with Crippen LogP contribution in [0.3, 0.4) is 0 Å². The van der Waals surface area contributed by atoms with Crippen LogP contribution in [0.1, 0.15) is 20.7 Å². The predicted molar refractivity (Wildman–Crippen MR) is 117 cm³/mol. The first-order chi connectivity index (χ1) is 15.6. The highest BCUT2D eigenvalue weighted by Gasteiger charge is 2.13. The summed E-state index contributed by atoms with van der Waals surface area (Å²) in [5, 5.41) is 39.7. The molecule has 1 aliphatic heterocycles. The zero-order chi connectivity index (χ0) is 26.1. The zero-order valence-electron chi connectivity index (χ0n) is 18.3. The van der Waals surface area contributed by atoms with Gasteiger partial charge < -0.3 is 51.1 Å². The molecule has 1 fully saturated rings. The number of hydrogen-bond acceptors (Lipinski definition) is 10. The fourth-order valence-electron chi connectivity index (χ4n) is 2.44. The number of carboxylic acids is 2. The first-order valence-electron chi connectivity index (χ1n) is 9.32. The highest BCUT2D eigenvalue weighted by molar-refractivity contribution is 7.86. The molecule has 2 aromatic carbocycles. The third-order valence-electron chi connectivity index (χ3n) is 4.12. The molecule has 0 amide bonds. The summed E-state index contributed by atoms with van der Waals surface area (Å²) in [5.74, 6) is -4.20. The lowest BCUT2D eigenvalue weighted by atomic mass is 10.2. The number of hydrogen-bond donors (Lipinski definition) is 6. The molecular weight excluding hydrogens is 532 g/mol. The number of aromatic carboxylic acids is 2. The van der Waals surface area contributed by atoms with E-state index in [0.717, 1.165) is 24.3 Å². The fourth-order valence-corrected chi connectivity index (χ4v) is 3.44. The van der Waals surface area contributed by atoms with E-state index in [-0.39, 0.29) is 11.0 Å². The van der Waals surface area contributed by atoms with E-state index in [1.165, 1.54) is 26.2 Å². The topological polar surface area (TPSA) is 326 Å². The van der Waals surface area contributed by atoms with Crippen LogP contribution in [0.5, 0.6) is 11.5 Å². The van der Waals surface area contributed by atoms with Gasteiger partial charge in [0, 0.05) is 0 Å². The van der Waals surface area contributed by atoms with Crippen molar-refractivity contribution in [2.24, 2.45) is 0 Å². The molecule has 36 heavy (non-hydrogen) atoms. The molecule has 0 unspecified atom stereocenters. The van der Waals surface area contributed by atoms with Gasteiger partial charge in [-0.1, -0.05) is 0 Å². The average Bonchev–Trinajstić information content (AvgIpc) is 2.74. The Balaban J connectivity index is 0. The molecule has 1 saturated heterocycles. The summed E-state index contributed by atoms with van der Waals surface area (Å²) in [5.41, 5.74) is -1.25. The molecule has 1 heterocycles. The van der Waals surface area contributed by atoms with Crippen molar-refractivity contribution < 1.29 is 77.5 Å². The van der Waals surface area contributed by atoms with Gasteiger partial charge in [-0.2, -0.15) is 0 Å². The van der Waals surface area contributed by atoms with Crippen LogP contribution < -0.4 is 10.6 Å². The summed E-state index contributed by atoms with van der Waals surface area (Å²) >= 11 is 0. The van der Waals surface area contributed by atoms with Crippen LogP contribution in [0.2, 0.25) is 0 Å². The van der Waals surface area contributed by atoms with Crippen molar-refractivity contribution in [2.45, 2.75) is 9.79 Å². The van der Waals surface area contributed by atoms with Gasteiger partial charge in [0.15, 0.2) is 0 Å². The minimum atomic E-state index is -4.70. The second-order valence-corrected chi connectivity index (χ2v) is 9.37. The molecule has 16 nitrogen and oxygen atoms in total. The predicted octanol–water partition coefficient (Wildman–Crippen LogP) is -4.53. The third kappa shape index (κ3) is 11.4. The van der Waals surface area contributed by atoms with Crippen LogP contribution in [0.4, 0.5) is 0 Å². The molecule has 1 aliphatic rings. The maximum Gasteiger partial charge on any atom is 0.339 e. The number of nitrogens with two attached hydrogens (primary N) is 2. The van der Waals surface area contributed by atoms with E-state index in [1.807, 2.05) is 0 Å². The van der Waals surface area contributed by atoms with Crippen molar-refractivity contribution in [2.75, 3.05) is 26.2 Å². The van der Waals surface area contributed by atoms with Crippen LogP contribution in [0.15, 0.2) is 46.2 Å². The largest absolute Gasteiger partial charge is 0.744 e. The maximum atomic E-state index is 10.5. The molecule has 0 atom stereocenters. The molecule has 0 aliphatic carbocycles. The standard InChI is InChI=1S/2C7H6O6S.C4H10N2.2H2O/c2*8-6-2-1-4(14(11,12)13)3-5(6)7(9)10;1-2-6-4-3-5-1;;/h2*1-3,8H,(H,9,10)(H,11,12,13);5-6H,1-4H2;2*1H2. The van der Waals surface area contributed by atoms with Crippen molar-refractivity contribution in [1.82, 2.24) is 0 Å². The van der Waals surface area contributed by atoms with Gasteiger partial charge in [-0.15, -0.1) is 0 Å². The van der Waals surface area contributed by atoms with E-state index in [4.69, 9.17) is 20.4 Å². The number of carbonyl (C=O) groups is 2. The Morgan fingerprint density at radius 3 is 1.14 bits per heavy atom. The Kier molecular flexibility index (Phi) is 14.4. The monoisotopic (exact) mass is 558 g/mol. The first kappa shape index (κ1) is 34.8. The van der Waals surface area contributed by atoms with E-state index in [2.05, 4.69) is 10.6 Å². The molecule has 0 aromatic heterocycles. The van der Waals surface area contributed by atoms with Gasteiger partial charge in [0.25, 0.3) is 0 Å². The summed E-state index contributed by atoms with van der Waals surface area (Å²) in [6, 6.07) is 4.58. The van der Waals surface area contributed by atoms with Crippen molar-refractivity contribution in [3.63, 3.8) is 0 Å². The number of aromatic hydroxyl groups is 2. The van der Waals surface area contributed by atoms with E-state index >= 15 is 0 Å². The zero-order valence-corrected chi connectivity index (χ0v) is 20.0. The molecule has 18 heteroatoms. The Bertz CT molecular complexity index is 1140. The smallest absolute Gasteiger partial charge is 0.339 e. The van der Waals surface area contributed by atoms with Gasteiger partial charge >= 0.3 is 11.9 Å². The Morgan fingerprint density at radius 2 is 0.944 bits per heavy atom. The summed E-state index contributed by atoms with van der Waals surface area (Å²) in [6.45, 7) is 5.28. The minimum absolute atomic E-state index is 0. The minimum Gasteiger partial charge on any atom is -0.744 e. The molecule has 2 aromatic rings. The van der Waals surface area contributed by atoms with Crippen LogP contribution in [-0.2, 0) is 20.2 Å². The summed E-state index contributed by atoms with van der Waals surface area (Å²) in [6.07, 6.45) is 0. The molecule has 3 rings (SSSR count). The van der Waals surface area contributed by atoms with Gasteiger partial charge in [-0.05, 0) is 36.4 Å². The molecular formula is C18H26N2O14S2. The quantitative estimate of drug-likeness (QED) is 0.193. The first-order valence-corrected chi connectivity index (χ1v) is 12.1. The lowest BCUT2D eigenvalue weighted by Gasteiger charge is -2.08. The molecule has 0 bridgehead atoms. The summed E-state index contributed by atoms with van der Waals surface area (Å²) in [4.78, 5) is 19.5. The third-order valence-corrected chi connectivity index (χ3v) is 5.79. The summed E-state index contributed by atoms with van der Waals surface area (Å²) < 4.78 is 62.9. The highest BCUT2D eigenvalue weighted by Crippen LogP contribution is 2.21. The average molecular weight is 559 g/mol. The van der Waals surface area contributed by atoms with E-state index in [0.29, 0.717) is 12.1 Å². The van der Waals surface area contributed by atoms with E-state index in [9.17, 15) is 35.5 Å². The van der Waals surface area contributed by atoms with Gasteiger partial charge in [-0.3, -0.25) is 0 Å². The fraction of sp³-hybridized carbons (Fsp3) is 0.222. The molecule has 0 saturated carbocycles. The van der Waals surface area contributed by atoms with Gasteiger partial charge in [0.2, 0.25) is 0 Å². The van der Waals surface area contributed by atoms with Crippen molar-refractivity contribution in [3.8, 4) is 11.5 Å². The lowest BCUT2D eigenvalue weighted by Crippen LogP contribution is -3.04. The van der Waals surface area contributed by atoms with Crippen molar-refractivity contribution in [3.05, 3.63) is 47.5 Å². The van der Waals surface area contributed by atoms with Gasteiger partial charge in [0.1, 0.15) is 69.0 Å². The molecule has 0 spiro atoms. The lowest BCUT2D eigenvalue weighted by molar-refractivity contribution is -0.787. The second-order valence-electron chi connectivity index (χ2n) is 6.61. The maximum absolute atomic E-state index is 10.5. The number of rotatable bonds is 4. The normalized spacial score (nSPS) is 12.7. The number of carboxylic acid groups (broad SMARTS) is 2. The van der Waals surface area contributed by atoms with Crippen molar-refractivity contribution >= 4 is 32.2 Å². The van der Waals surface area contributed by atoms with Crippen LogP contribution in [0.25, 0.3) is 0 Å². The molecule has 204 valence electrons.